The van der Waals surface area contributed by atoms with Crippen molar-refractivity contribution >= 4 is 39.1 Å². The number of anilines is 1. The molecule has 0 atom stereocenters. The zero-order chi connectivity index (χ0) is 13.1. The van der Waals surface area contributed by atoms with E-state index >= 15 is 0 Å². The molecule has 0 unspecified atom stereocenters. The molecule has 0 heterocycles. The third kappa shape index (κ3) is 3.09. The van der Waals surface area contributed by atoms with Crippen LogP contribution in [0.15, 0.2) is 46.9 Å². The average Bonchev–Trinajstić information content (AvgIpc) is 2.34. The van der Waals surface area contributed by atoms with Gasteiger partial charge in [-0.05, 0) is 42.5 Å². The molecule has 5 heteroatoms. The molecule has 0 aliphatic carbocycles. The summed E-state index contributed by atoms with van der Waals surface area (Å²) in [5.74, 6) is -0.791. The highest BCUT2D eigenvalue weighted by Gasteiger charge is 2.09. The van der Waals surface area contributed by atoms with Crippen molar-refractivity contribution in [2.45, 2.75) is 0 Å². The fourth-order valence-corrected chi connectivity index (χ4v) is 1.82. The number of halogens is 3. The number of rotatable bonds is 2. The van der Waals surface area contributed by atoms with Gasteiger partial charge in [-0.2, -0.15) is 0 Å². The van der Waals surface area contributed by atoms with Crippen LogP contribution in [-0.4, -0.2) is 5.91 Å². The molecule has 0 aromatic heterocycles. The first-order valence-corrected chi connectivity index (χ1v) is 6.25. The van der Waals surface area contributed by atoms with Gasteiger partial charge in [0.2, 0.25) is 0 Å². The minimum atomic E-state index is -0.453. The van der Waals surface area contributed by atoms with E-state index in [9.17, 15) is 9.18 Å². The van der Waals surface area contributed by atoms with Gasteiger partial charge in [-0.25, -0.2) is 4.39 Å². The van der Waals surface area contributed by atoms with Crippen LogP contribution in [0.4, 0.5) is 10.1 Å². The number of amides is 1. The maximum Gasteiger partial charge on any atom is 0.255 e. The van der Waals surface area contributed by atoms with Crippen LogP contribution in [0.2, 0.25) is 5.02 Å². The number of hydrogen-bond acceptors (Lipinski definition) is 1. The van der Waals surface area contributed by atoms with Crippen molar-refractivity contribution in [3.63, 3.8) is 0 Å². The lowest BCUT2D eigenvalue weighted by Crippen LogP contribution is -2.12. The van der Waals surface area contributed by atoms with Gasteiger partial charge in [0.1, 0.15) is 5.82 Å². The fraction of sp³-hybridized carbons (Fsp3) is 0. The van der Waals surface area contributed by atoms with Gasteiger partial charge >= 0.3 is 0 Å². The van der Waals surface area contributed by atoms with Crippen molar-refractivity contribution in [2.75, 3.05) is 5.32 Å². The predicted molar refractivity (Wildman–Crippen MR) is 73.5 cm³/mol. The average molecular weight is 329 g/mol. The second-order valence-electron chi connectivity index (χ2n) is 3.59. The van der Waals surface area contributed by atoms with Crippen molar-refractivity contribution in [2.24, 2.45) is 0 Å². The fourth-order valence-electron chi connectivity index (χ4n) is 1.39. The minimum Gasteiger partial charge on any atom is -0.321 e. The standard InChI is InChI=1S/C13H8BrClFNO/c14-9-3-1-8(2-4-9)13(18)17-12-7-10(16)5-6-11(12)15/h1-7H,(H,17,18). The van der Waals surface area contributed by atoms with Gasteiger partial charge in [-0.3, -0.25) is 4.79 Å². The van der Waals surface area contributed by atoms with Crippen LogP contribution in [0.5, 0.6) is 0 Å². The van der Waals surface area contributed by atoms with Gasteiger partial charge in [-0.1, -0.05) is 27.5 Å². The lowest BCUT2D eigenvalue weighted by molar-refractivity contribution is 0.102. The Morgan fingerprint density at radius 2 is 1.83 bits per heavy atom. The Kier molecular flexibility index (Phi) is 3.99. The molecule has 0 saturated carbocycles. The molecule has 2 aromatic carbocycles. The first kappa shape index (κ1) is 13.1. The summed E-state index contributed by atoms with van der Waals surface area (Å²) in [6, 6.07) is 10.6. The summed E-state index contributed by atoms with van der Waals surface area (Å²) in [4.78, 5) is 11.9. The number of carbonyl (C=O) groups is 1. The van der Waals surface area contributed by atoms with E-state index < -0.39 is 5.82 Å². The molecule has 0 fully saturated rings. The SMILES string of the molecule is O=C(Nc1cc(F)ccc1Cl)c1ccc(Br)cc1. The molecule has 18 heavy (non-hydrogen) atoms. The van der Waals surface area contributed by atoms with Crippen LogP contribution in [0, 0.1) is 5.82 Å². The smallest absolute Gasteiger partial charge is 0.255 e. The third-order valence-corrected chi connectivity index (χ3v) is 3.14. The van der Waals surface area contributed by atoms with Crippen molar-refractivity contribution in [3.8, 4) is 0 Å². The van der Waals surface area contributed by atoms with E-state index in [1.807, 2.05) is 0 Å². The number of hydrogen-bond donors (Lipinski definition) is 1. The Morgan fingerprint density at radius 3 is 2.50 bits per heavy atom. The van der Waals surface area contributed by atoms with E-state index in [0.717, 1.165) is 4.47 Å². The van der Waals surface area contributed by atoms with Gasteiger partial charge < -0.3 is 5.32 Å². The zero-order valence-electron chi connectivity index (χ0n) is 9.08. The Balaban J connectivity index is 2.21. The van der Waals surface area contributed by atoms with E-state index in [-0.39, 0.29) is 11.6 Å². The second kappa shape index (κ2) is 5.50. The largest absolute Gasteiger partial charge is 0.321 e. The summed E-state index contributed by atoms with van der Waals surface area (Å²) in [6.45, 7) is 0. The first-order chi connectivity index (χ1) is 8.56. The molecule has 2 nitrogen and oxygen atoms in total. The normalized spacial score (nSPS) is 10.2. The predicted octanol–water partition coefficient (Wildman–Crippen LogP) is 4.49. The summed E-state index contributed by atoms with van der Waals surface area (Å²) in [7, 11) is 0. The van der Waals surface area contributed by atoms with Gasteiger partial charge in [0.25, 0.3) is 5.91 Å². The lowest BCUT2D eigenvalue weighted by atomic mass is 10.2. The molecule has 0 radical (unpaired) electrons. The highest BCUT2D eigenvalue weighted by atomic mass is 79.9. The van der Waals surface area contributed by atoms with Gasteiger partial charge in [-0.15, -0.1) is 0 Å². The van der Waals surface area contributed by atoms with Crippen molar-refractivity contribution in [1.82, 2.24) is 0 Å². The summed E-state index contributed by atoms with van der Waals surface area (Å²) in [6.07, 6.45) is 0. The zero-order valence-corrected chi connectivity index (χ0v) is 11.4. The highest BCUT2D eigenvalue weighted by Crippen LogP contribution is 2.23. The molecular formula is C13H8BrClFNO. The molecule has 0 aliphatic heterocycles. The Bertz CT molecular complexity index is 586. The second-order valence-corrected chi connectivity index (χ2v) is 4.91. The lowest BCUT2D eigenvalue weighted by Gasteiger charge is -2.07. The van der Waals surface area contributed by atoms with E-state index in [1.54, 1.807) is 24.3 Å². The van der Waals surface area contributed by atoms with E-state index in [2.05, 4.69) is 21.2 Å². The quantitative estimate of drug-likeness (QED) is 0.864. The molecular weight excluding hydrogens is 321 g/mol. The monoisotopic (exact) mass is 327 g/mol. The molecule has 92 valence electrons. The van der Waals surface area contributed by atoms with Crippen molar-refractivity contribution in [1.29, 1.82) is 0 Å². The Hall–Kier alpha value is -1.39. The number of nitrogens with one attached hydrogen (secondary N) is 1. The molecule has 2 rings (SSSR count). The van der Waals surface area contributed by atoms with Gasteiger partial charge in [0.15, 0.2) is 0 Å². The molecule has 0 aliphatic rings. The van der Waals surface area contributed by atoms with E-state index in [1.165, 1.54) is 18.2 Å². The van der Waals surface area contributed by atoms with Crippen LogP contribution in [0.25, 0.3) is 0 Å². The Labute approximate surface area is 117 Å². The topological polar surface area (TPSA) is 29.1 Å². The van der Waals surface area contributed by atoms with Gasteiger partial charge in [0.05, 0.1) is 10.7 Å². The van der Waals surface area contributed by atoms with Crippen LogP contribution in [0.1, 0.15) is 10.4 Å². The number of carbonyl (C=O) groups excluding carboxylic acids is 1. The third-order valence-electron chi connectivity index (χ3n) is 2.28. The van der Waals surface area contributed by atoms with E-state index in [0.29, 0.717) is 10.6 Å². The maximum atomic E-state index is 13.0. The van der Waals surface area contributed by atoms with Gasteiger partial charge in [0, 0.05) is 10.0 Å². The van der Waals surface area contributed by atoms with Crippen LogP contribution in [0.3, 0.4) is 0 Å². The molecule has 0 spiro atoms. The maximum absolute atomic E-state index is 13.0. The highest BCUT2D eigenvalue weighted by molar-refractivity contribution is 9.10. The van der Waals surface area contributed by atoms with Crippen LogP contribution < -0.4 is 5.32 Å². The Morgan fingerprint density at radius 1 is 1.17 bits per heavy atom. The summed E-state index contributed by atoms with van der Waals surface area (Å²) in [5, 5.41) is 2.85. The summed E-state index contributed by atoms with van der Waals surface area (Å²) >= 11 is 9.14. The molecule has 1 N–H and O–H groups in total. The van der Waals surface area contributed by atoms with E-state index in [4.69, 9.17) is 11.6 Å². The summed E-state index contributed by atoms with van der Waals surface area (Å²) < 4.78 is 13.9. The molecule has 1 amide bonds. The minimum absolute atomic E-state index is 0.254. The van der Waals surface area contributed by atoms with Crippen molar-refractivity contribution in [3.05, 3.63) is 63.3 Å². The van der Waals surface area contributed by atoms with Crippen LogP contribution >= 0.6 is 27.5 Å². The van der Waals surface area contributed by atoms with Crippen LogP contribution in [-0.2, 0) is 0 Å². The van der Waals surface area contributed by atoms with Crippen molar-refractivity contribution < 1.29 is 9.18 Å². The number of benzene rings is 2. The molecule has 0 bridgehead atoms. The molecule has 0 saturated heterocycles. The molecule has 2 aromatic rings. The summed E-state index contributed by atoms with van der Waals surface area (Å²) in [5.41, 5.74) is 0.725. The first-order valence-electron chi connectivity index (χ1n) is 5.08.